The van der Waals surface area contributed by atoms with Crippen LogP contribution in [-0.4, -0.2) is 60.0 Å². The van der Waals surface area contributed by atoms with Gasteiger partial charge in [-0.25, -0.2) is 9.97 Å². The predicted octanol–water partition coefficient (Wildman–Crippen LogP) is 4.42. The zero-order chi connectivity index (χ0) is 21.4. The first-order chi connectivity index (χ1) is 15.1. The van der Waals surface area contributed by atoms with Crippen LogP contribution in [0.1, 0.15) is 15.9 Å². The third-order valence-electron chi connectivity index (χ3n) is 5.64. The van der Waals surface area contributed by atoms with Gasteiger partial charge in [-0.05, 0) is 36.8 Å². The van der Waals surface area contributed by atoms with Crippen LogP contribution in [0.25, 0.3) is 20.4 Å². The van der Waals surface area contributed by atoms with E-state index in [0.29, 0.717) is 12.1 Å². The molecular formula is C22H22ClN5OS2. The molecule has 6 nitrogen and oxygen atoms in total. The Balaban J connectivity index is 1.13. The van der Waals surface area contributed by atoms with Gasteiger partial charge in [0.2, 0.25) is 0 Å². The number of piperazine rings is 1. The average Bonchev–Trinajstić information content (AvgIpc) is 3.44. The molecule has 1 aliphatic heterocycles. The first kappa shape index (κ1) is 20.6. The van der Waals surface area contributed by atoms with E-state index >= 15 is 0 Å². The minimum atomic E-state index is -0.0318. The number of thiazole rings is 2. The molecule has 1 N–H and O–H groups in total. The van der Waals surface area contributed by atoms with Crippen molar-refractivity contribution < 1.29 is 4.79 Å². The fraction of sp³-hybridized carbons (Fsp3) is 0.318. The number of aromatic nitrogens is 2. The normalized spacial score (nSPS) is 15.1. The number of carbonyl (C=O) groups is 1. The molecule has 31 heavy (non-hydrogen) atoms. The second kappa shape index (κ2) is 8.70. The number of fused-ring (bicyclic) bond motifs is 2. The summed E-state index contributed by atoms with van der Waals surface area (Å²) in [5.41, 5.74) is 5.59. The fourth-order valence-corrected chi connectivity index (χ4v) is 5.90. The van der Waals surface area contributed by atoms with E-state index in [1.807, 2.05) is 30.3 Å². The lowest BCUT2D eigenvalue weighted by Crippen LogP contribution is -2.48. The highest BCUT2D eigenvalue weighted by Crippen LogP contribution is 2.35. The molecule has 1 amide bonds. The molecule has 0 radical (unpaired) electrons. The number of hydrogen-bond acceptors (Lipinski definition) is 7. The van der Waals surface area contributed by atoms with Gasteiger partial charge in [-0.15, -0.1) is 11.3 Å². The molecule has 1 fully saturated rings. The first-order valence-electron chi connectivity index (χ1n) is 10.2. The second-order valence-electron chi connectivity index (χ2n) is 7.66. The quantitative estimate of drug-likeness (QED) is 0.467. The van der Waals surface area contributed by atoms with Gasteiger partial charge in [-0.1, -0.05) is 29.0 Å². The lowest BCUT2D eigenvalue weighted by molar-refractivity contribution is 0.0948. The largest absolute Gasteiger partial charge is 0.351 e. The number of carbonyl (C=O) groups excluding carboxylic acids is 1. The number of amides is 1. The van der Waals surface area contributed by atoms with Crippen LogP contribution in [-0.2, 0) is 0 Å². The SMILES string of the molecule is Cc1ccc(Cl)c2sc(N3CCN(CCNC(=O)c4ccc5ncsc5c4)CC3)nc12. The summed E-state index contributed by atoms with van der Waals surface area (Å²) in [6, 6.07) is 9.62. The molecule has 0 aliphatic carbocycles. The van der Waals surface area contributed by atoms with Gasteiger partial charge in [0.15, 0.2) is 5.13 Å². The highest BCUT2D eigenvalue weighted by atomic mass is 35.5. The number of nitrogens with zero attached hydrogens (tertiary/aromatic N) is 4. The Morgan fingerprint density at radius 3 is 2.84 bits per heavy atom. The molecule has 0 saturated carbocycles. The van der Waals surface area contributed by atoms with E-state index in [-0.39, 0.29) is 5.91 Å². The van der Waals surface area contributed by atoms with E-state index in [2.05, 4.69) is 27.0 Å². The molecule has 160 valence electrons. The summed E-state index contributed by atoms with van der Waals surface area (Å²) in [5, 5.41) is 4.85. The summed E-state index contributed by atoms with van der Waals surface area (Å²) in [4.78, 5) is 26.3. The van der Waals surface area contributed by atoms with Gasteiger partial charge in [0.1, 0.15) is 0 Å². The second-order valence-corrected chi connectivity index (χ2v) is 9.93. The van der Waals surface area contributed by atoms with Crippen LogP contribution in [0, 0.1) is 6.92 Å². The lowest BCUT2D eigenvalue weighted by Gasteiger charge is -2.34. The molecule has 9 heteroatoms. The third-order valence-corrected chi connectivity index (χ3v) is 8.00. The maximum absolute atomic E-state index is 12.5. The zero-order valence-electron chi connectivity index (χ0n) is 17.1. The molecule has 2 aromatic heterocycles. The van der Waals surface area contributed by atoms with Gasteiger partial charge < -0.3 is 10.2 Å². The minimum Gasteiger partial charge on any atom is -0.351 e. The van der Waals surface area contributed by atoms with Crippen molar-refractivity contribution in [2.75, 3.05) is 44.2 Å². The van der Waals surface area contributed by atoms with Crippen LogP contribution >= 0.6 is 34.3 Å². The van der Waals surface area contributed by atoms with Crippen LogP contribution in [0.5, 0.6) is 0 Å². The number of hydrogen-bond donors (Lipinski definition) is 1. The summed E-state index contributed by atoms with van der Waals surface area (Å²) in [7, 11) is 0. The average molecular weight is 472 g/mol. The van der Waals surface area contributed by atoms with Crippen molar-refractivity contribution in [3.8, 4) is 0 Å². The number of nitrogens with one attached hydrogen (secondary N) is 1. The number of anilines is 1. The van der Waals surface area contributed by atoms with Crippen molar-refractivity contribution in [1.82, 2.24) is 20.2 Å². The smallest absolute Gasteiger partial charge is 0.251 e. The topological polar surface area (TPSA) is 61.4 Å². The Labute approximate surface area is 193 Å². The molecule has 3 heterocycles. The maximum Gasteiger partial charge on any atom is 0.251 e. The maximum atomic E-state index is 12.5. The van der Waals surface area contributed by atoms with Crippen molar-refractivity contribution >= 4 is 65.7 Å². The van der Waals surface area contributed by atoms with Crippen molar-refractivity contribution in [3.63, 3.8) is 0 Å². The highest BCUT2D eigenvalue weighted by molar-refractivity contribution is 7.22. The molecular weight excluding hydrogens is 450 g/mol. The molecule has 0 unspecified atom stereocenters. The van der Waals surface area contributed by atoms with Crippen LogP contribution < -0.4 is 10.2 Å². The van der Waals surface area contributed by atoms with E-state index in [1.54, 1.807) is 28.2 Å². The van der Waals surface area contributed by atoms with E-state index in [0.717, 1.165) is 68.9 Å². The molecule has 0 bridgehead atoms. The van der Waals surface area contributed by atoms with E-state index in [1.165, 1.54) is 0 Å². The molecule has 2 aromatic carbocycles. The molecule has 1 saturated heterocycles. The van der Waals surface area contributed by atoms with Gasteiger partial charge in [0, 0.05) is 44.8 Å². The molecule has 1 aliphatic rings. The highest BCUT2D eigenvalue weighted by Gasteiger charge is 2.21. The van der Waals surface area contributed by atoms with E-state index in [9.17, 15) is 4.79 Å². The molecule has 0 atom stereocenters. The zero-order valence-corrected chi connectivity index (χ0v) is 19.5. The van der Waals surface area contributed by atoms with Gasteiger partial charge in [-0.2, -0.15) is 0 Å². The molecule has 0 spiro atoms. The number of benzene rings is 2. The van der Waals surface area contributed by atoms with Crippen molar-refractivity contribution in [1.29, 1.82) is 0 Å². The summed E-state index contributed by atoms with van der Waals surface area (Å²) in [6.45, 7) is 7.29. The van der Waals surface area contributed by atoms with Crippen LogP contribution in [0.2, 0.25) is 5.02 Å². The van der Waals surface area contributed by atoms with Crippen molar-refractivity contribution in [2.24, 2.45) is 0 Å². The lowest BCUT2D eigenvalue weighted by atomic mass is 10.2. The number of aryl methyl sites for hydroxylation is 1. The van der Waals surface area contributed by atoms with Crippen LogP contribution in [0.3, 0.4) is 0 Å². The minimum absolute atomic E-state index is 0.0318. The monoisotopic (exact) mass is 471 g/mol. The van der Waals surface area contributed by atoms with E-state index < -0.39 is 0 Å². The van der Waals surface area contributed by atoms with Crippen LogP contribution in [0.15, 0.2) is 35.8 Å². The predicted molar refractivity (Wildman–Crippen MR) is 130 cm³/mol. The summed E-state index contributed by atoms with van der Waals surface area (Å²) in [5.74, 6) is -0.0318. The Morgan fingerprint density at radius 1 is 1.19 bits per heavy atom. The van der Waals surface area contributed by atoms with Crippen LogP contribution in [0.4, 0.5) is 5.13 Å². The van der Waals surface area contributed by atoms with Gasteiger partial charge >= 0.3 is 0 Å². The Hall–Kier alpha value is -2.26. The third kappa shape index (κ3) is 4.25. The number of halogens is 1. The Morgan fingerprint density at radius 2 is 2.03 bits per heavy atom. The number of rotatable bonds is 5. The molecule has 4 aromatic rings. The Kier molecular flexibility index (Phi) is 5.79. The Bertz CT molecular complexity index is 1210. The van der Waals surface area contributed by atoms with Crippen molar-refractivity contribution in [2.45, 2.75) is 6.92 Å². The van der Waals surface area contributed by atoms with E-state index in [4.69, 9.17) is 16.6 Å². The summed E-state index contributed by atoms with van der Waals surface area (Å²) >= 11 is 9.58. The van der Waals surface area contributed by atoms with Crippen molar-refractivity contribution in [3.05, 3.63) is 52.0 Å². The molecule has 5 rings (SSSR count). The summed E-state index contributed by atoms with van der Waals surface area (Å²) in [6.07, 6.45) is 0. The fourth-order valence-electron chi connectivity index (χ4n) is 3.81. The standard InChI is InChI=1S/C22H22ClN5OS2/c1-14-2-4-16(23)20-19(14)26-22(31-20)28-10-8-27(9-11-28)7-6-24-21(29)15-3-5-17-18(12-15)30-13-25-17/h2-5,12-13H,6-11H2,1H3,(H,24,29). The van der Waals surface area contributed by atoms with Gasteiger partial charge in [0.25, 0.3) is 5.91 Å². The summed E-state index contributed by atoms with van der Waals surface area (Å²) < 4.78 is 2.11. The first-order valence-corrected chi connectivity index (χ1v) is 12.3. The van der Waals surface area contributed by atoms with Gasteiger partial charge in [-0.3, -0.25) is 9.69 Å². The van der Waals surface area contributed by atoms with Gasteiger partial charge in [0.05, 0.1) is 31.0 Å².